The third kappa shape index (κ3) is 4.53. The summed E-state index contributed by atoms with van der Waals surface area (Å²) in [6, 6.07) is 4.96. The zero-order valence-electron chi connectivity index (χ0n) is 13.0. The summed E-state index contributed by atoms with van der Waals surface area (Å²) in [6.45, 7) is 0.0542. The Morgan fingerprint density at radius 3 is 2.21 bits per heavy atom. The lowest BCUT2D eigenvalue weighted by atomic mass is 10.2. The van der Waals surface area contributed by atoms with E-state index in [1.165, 1.54) is 22.5 Å². The van der Waals surface area contributed by atoms with Crippen molar-refractivity contribution in [3.63, 3.8) is 0 Å². The quantitative estimate of drug-likeness (QED) is 0.750. The number of carbonyl (C=O) groups is 1. The predicted molar refractivity (Wildman–Crippen MR) is 86.5 cm³/mol. The van der Waals surface area contributed by atoms with Crippen molar-refractivity contribution in [3.05, 3.63) is 24.3 Å². The summed E-state index contributed by atoms with van der Waals surface area (Å²) >= 11 is 0. The first-order valence-electron chi connectivity index (χ1n) is 7.55. The van der Waals surface area contributed by atoms with E-state index >= 15 is 0 Å². The molecular weight excluding hydrogens is 356 g/mol. The molecule has 0 atom stereocenters. The molecule has 134 valence electrons. The lowest BCUT2D eigenvalue weighted by Gasteiger charge is -2.20. The van der Waals surface area contributed by atoms with E-state index in [0.29, 0.717) is 13.1 Å². The fourth-order valence-electron chi connectivity index (χ4n) is 2.47. The van der Waals surface area contributed by atoms with Crippen molar-refractivity contribution in [3.8, 4) is 0 Å². The molecule has 1 aliphatic rings. The first kappa shape index (κ1) is 18.8. The number of hydrogen-bond donors (Lipinski definition) is 2. The van der Waals surface area contributed by atoms with E-state index in [4.69, 9.17) is 5.11 Å². The van der Waals surface area contributed by atoms with Crippen LogP contribution in [0.15, 0.2) is 34.1 Å². The maximum absolute atomic E-state index is 12.7. The lowest BCUT2D eigenvalue weighted by Crippen LogP contribution is -2.32. The average molecular weight is 376 g/mol. The van der Waals surface area contributed by atoms with Crippen LogP contribution in [0.5, 0.6) is 0 Å². The zero-order chi connectivity index (χ0) is 17.8. The second-order valence-electron chi connectivity index (χ2n) is 5.51. The van der Waals surface area contributed by atoms with Gasteiger partial charge in [0.1, 0.15) is 6.54 Å². The molecule has 0 radical (unpaired) electrons. The minimum Gasteiger partial charge on any atom is -0.480 e. The Labute approximate surface area is 141 Å². The average Bonchev–Trinajstić information content (AvgIpc) is 2.83. The van der Waals surface area contributed by atoms with E-state index in [1.54, 1.807) is 0 Å². The number of carboxylic acids is 1. The third-order valence-electron chi connectivity index (χ3n) is 3.73. The number of hydrogen-bond acceptors (Lipinski definition) is 5. The Morgan fingerprint density at radius 2 is 1.62 bits per heavy atom. The molecule has 1 aliphatic heterocycles. The summed E-state index contributed by atoms with van der Waals surface area (Å²) in [5.74, 6) is -1.33. The first-order valence-corrected chi connectivity index (χ1v) is 10.5. The second kappa shape index (κ2) is 7.60. The molecule has 2 N–H and O–H groups in total. The molecule has 0 spiro atoms. The van der Waals surface area contributed by atoms with Crippen LogP contribution >= 0.6 is 0 Å². The van der Waals surface area contributed by atoms with Crippen LogP contribution in [0.4, 0.5) is 0 Å². The molecule has 0 bridgehead atoms. The minimum atomic E-state index is -4.09. The van der Waals surface area contributed by atoms with E-state index < -0.39 is 32.6 Å². The second-order valence-corrected chi connectivity index (χ2v) is 9.22. The standard InChI is InChI=1S/C14H20N2O6S2/c17-14(18)11-15-23(19,20)12-6-5-7-13(10-12)24(21,22)16-8-3-1-2-4-9-16/h5-7,10,15H,1-4,8-9,11H2,(H,17,18). The maximum Gasteiger partial charge on any atom is 0.318 e. The summed E-state index contributed by atoms with van der Waals surface area (Å²) in [5, 5.41) is 8.57. The van der Waals surface area contributed by atoms with Crippen LogP contribution in [0.2, 0.25) is 0 Å². The summed E-state index contributed by atoms with van der Waals surface area (Å²) in [6.07, 6.45) is 3.49. The maximum atomic E-state index is 12.7. The number of carboxylic acid groups (broad SMARTS) is 1. The molecule has 0 amide bonds. The van der Waals surface area contributed by atoms with Gasteiger partial charge in [0, 0.05) is 13.1 Å². The van der Waals surface area contributed by atoms with Gasteiger partial charge in [0.05, 0.1) is 9.79 Å². The minimum absolute atomic E-state index is 0.109. The molecule has 1 aromatic carbocycles. The number of sulfonamides is 2. The van der Waals surface area contributed by atoms with Crippen molar-refractivity contribution in [2.75, 3.05) is 19.6 Å². The van der Waals surface area contributed by atoms with Crippen molar-refractivity contribution < 1.29 is 26.7 Å². The van der Waals surface area contributed by atoms with Crippen LogP contribution in [-0.4, -0.2) is 51.9 Å². The molecule has 0 aromatic heterocycles. The number of nitrogens with zero attached hydrogens (tertiary/aromatic N) is 1. The monoisotopic (exact) mass is 376 g/mol. The Hall–Kier alpha value is -1.49. The molecule has 10 heteroatoms. The van der Waals surface area contributed by atoms with E-state index in [9.17, 15) is 21.6 Å². The third-order valence-corrected chi connectivity index (χ3v) is 7.03. The lowest BCUT2D eigenvalue weighted by molar-refractivity contribution is -0.135. The Bertz CT molecular complexity index is 796. The summed E-state index contributed by atoms with van der Waals surface area (Å²) in [4.78, 5) is 10.1. The smallest absolute Gasteiger partial charge is 0.318 e. The van der Waals surface area contributed by atoms with Gasteiger partial charge >= 0.3 is 5.97 Å². The van der Waals surface area contributed by atoms with Crippen molar-refractivity contribution >= 4 is 26.0 Å². The Morgan fingerprint density at radius 1 is 1.04 bits per heavy atom. The molecule has 1 aromatic rings. The van der Waals surface area contributed by atoms with Crippen molar-refractivity contribution in [1.29, 1.82) is 0 Å². The van der Waals surface area contributed by atoms with E-state index in [1.807, 2.05) is 4.72 Å². The highest BCUT2D eigenvalue weighted by Gasteiger charge is 2.26. The van der Waals surface area contributed by atoms with Gasteiger partial charge in [-0.15, -0.1) is 0 Å². The van der Waals surface area contributed by atoms with Crippen molar-refractivity contribution in [2.24, 2.45) is 0 Å². The normalized spacial score (nSPS) is 17.3. The molecule has 2 rings (SSSR count). The summed E-state index contributed by atoms with van der Waals surface area (Å²) < 4.78 is 52.8. The molecule has 24 heavy (non-hydrogen) atoms. The Kier molecular flexibility index (Phi) is 5.97. The van der Waals surface area contributed by atoms with Crippen LogP contribution < -0.4 is 4.72 Å². The van der Waals surface area contributed by atoms with Crippen LogP contribution in [-0.2, 0) is 24.8 Å². The SMILES string of the molecule is O=C(O)CNS(=O)(=O)c1cccc(S(=O)(=O)N2CCCCCC2)c1. The number of nitrogens with one attached hydrogen (secondary N) is 1. The molecule has 1 heterocycles. The van der Waals surface area contributed by atoms with Crippen molar-refractivity contribution in [2.45, 2.75) is 35.5 Å². The van der Waals surface area contributed by atoms with Gasteiger partial charge < -0.3 is 5.11 Å². The van der Waals surface area contributed by atoms with Gasteiger partial charge in [0.2, 0.25) is 20.0 Å². The van der Waals surface area contributed by atoms with Gasteiger partial charge in [-0.3, -0.25) is 4.79 Å². The molecule has 0 aliphatic carbocycles. The highest BCUT2D eigenvalue weighted by molar-refractivity contribution is 7.90. The molecule has 0 unspecified atom stereocenters. The molecule has 1 saturated heterocycles. The predicted octanol–water partition coefficient (Wildman–Crippen LogP) is 0.614. The van der Waals surface area contributed by atoms with Crippen LogP contribution in [0.25, 0.3) is 0 Å². The van der Waals surface area contributed by atoms with E-state index in [0.717, 1.165) is 31.7 Å². The van der Waals surface area contributed by atoms with Gasteiger partial charge in [-0.25, -0.2) is 16.8 Å². The summed E-state index contributed by atoms with van der Waals surface area (Å²) in [7, 11) is -7.86. The molecule has 8 nitrogen and oxygen atoms in total. The van der Waals surface area contributed by atoms with Crippen LogP contribution in [0, 0.1) is 0 Å². The van der Waals surface area contributed by atoms with Gasteiger partial charge in [0.15, 0.2) is 0 Å². The Balaban J connectivity index is 2.30. The van der Waals surface area contributed by atoms with Crippen molar-refractivity contribution in [1.82, 2.24) is 9.03 Å². The molecular formula is C14H20N2O6S2. The first-order chi connectivity index (χ1) is 11.2. The number of benzene rings is 1. The fourth-order valence-corrected chi connectivity index (χ4v) is 5.13. The molecule has 0 saturated carbocycles. The number of aliphatic carboxylic acids is 1. The van der Waals surface area contributed by atoms with Gasteiger partial charge in [-0.2, -0.15) is 9.03 Å². The number of rotatable bonds is 6. The van der Waals surface area contributed by atoms with Gasteiger partial charge in [-0.05, 0) is 31.0 Å². The van der Waals surface area contributed by atoms with E-state index in [2.05, 4.69) is 0 Å². The fraction of sp³-hybridized carbons (Fsp3) is 0.500. The van der Waals surface area contributed by atoms with Gasteiger partial charge in [-0.1, -0.05) is 18.9 Å². The van der Waals surface area contributed by atoms with Crippen LogP contribution in [0.1, 0.15) is 25.7 Å². The highest BCUT2D eigenvalue weighted by atomic mass is 32.2. The van der Waals surface area contributed by atoms with E-state index in [-0.39, 0.29) is 9.79 Å². The van der Waals surface area contributed by atoms with Crippen LogP contribution in [0.3, 0.4) is 0 Å². The van der Waals surface area contributed by atoms with Gasteiger partial charge in [0.25, 0.3) is 0 Å². The highest BCUT2D eigenvalue weighted by Crippen LogP contribution is 2.22. The largest absolute Gasteiger partial charge is 0.480 e. The topological polar surface area (TPSA) is 121 Å². The summed E-state index contributed by atoms with van der Waals surface area (Å²) in [5.41, 5.74) is 0. The molecule has 1 fully saturated rings. The zero-order valence-corrected chi connectivity index (χ0v) is 14.6.